The van der Waals surface area contributed by atoms with Crippen LogP contribution in [-0.2, 0) is 4.74 Å². The fourth-order valence-electron chi connectivity index (χ4n) is 4.01. The highest BCUT2D eigenvalue weighted by Gasteiger charge is 2.27. The number of ether oxygens (including phenoxy) is 1. The number of nitrogens with one attached hydrogen (secondary N) is 6. The quantitative estimate of drug-likeness (QED) is 0.365. The molecule has 32 heavy (non-hydrogen) atoms. The fraction of sp³-hybridized carbons (Fsp3) is 0.333. The van der Waals surface area contributed by atoms with E-state index in [-0.39, 0.29) is 0 Å². The van der Waals surface area contributed by atoms with E-state index in [9.17, 15) is 0 Å². The maximum absolute atomic E-state index is 8.90. The molecule has 0 radical (unpaired) electrons. The fourth-order valence-corrected chi connectivity index (χ4v) is 4.01. The van der Waals surface area contributed by atoms with Gasteiger partial charge in [0.1, 0.15) is 5.76 Å². The van der Waals surface area contributed by atoms with E-state index >= 15 is 0 Å². The first-order valence-corrected chi connectivity index (χ1v) is 10.7. The van der Waals surface area contributed by atoms with Gasteiger partial charge in [0.15, 0.2) is 0 Å². The summed E-state index contributed by atoms with van der Waals surface area (Å²) in [5.74, 6) is 0.593. The van der Waals surface area contributed by atoms with Gasteiger partial charge in [-0.15, -0.1) is 0 Å². The van der Waals surface area contributed by atoms with Crippen molar-refractivity contribution in [3.05, 3.63) is 82.3 Å². The Bertz CT molecular complexity index is 1000. The second kappa shape index (κ2) is 10.2. The van der Waals surface area contributed by atoms with Gasteiger partial charge in [0.05, 0.1) is 24.2 Å². The van der Waals surface area contributed by atoms with Crippen LogP contribution in [0.15, 0.2) is 82.3 Å². The van der Waals surface area contributed by atoms with Crippen LogP contribution in [0, 0.1) is 10.8 Å². The molecule has 170 valence electrons. The van der Waals surface area contributed by atoms with Crippen LogP contribution in [0.5, 0.6) is 0 Å². The Hall–Kier alpha value is -3.52. The van der Waals surface area contributed by atoms with Gasteiger partial charge < -0.3 is 30.9 Å². The first-order chi connectivity index (χ1) is 15.4. The van der Waals surface area contributed by atoms with Crippen molar-refractivity contribution >= 4 is 11.4 Å². The number of hydrogen-bond donors (Lipinski definition) is 6. The van der Waals surface area contributed by atoms with E-state index in [1.54, 1.807) is 20.4 Å². The van der Waals surface area contributed by atoms with Crippen LogP contribution in [0.2, 0.25) is 0 Å². The van der Waals surface area contributed by atoms with Crippen LogP contribution in [0.3, 0.4) is 0 Å². The van der Waals surface area contributed by atoms with Crippen LogP contribution in [0.1, 0.15) is 6.92 Å². The van der Waals surface area contributed by atoms with E-state index in [4.69, 9.17) is 15.6 Å². The molecule has 0 aromatic carbocycles. The summed E-state index contributed by atoms with van der Waals surface area (Å²) in [6.45, 7) is 9.74. The summed E-state index contributed by atoms with van der Waals surface area (Å²) in [7, 11) is 5.24. The van der Waals surface area contributed by atoms with Crippen LogP contribution < -0.4 is 21.3 Å². The molecule has 1 fully saturated rings. The number of rotatable bonds is 7. The molecule has 0 spiro atoms. The van der Waals surface area contributed by atoms with Crippen molar-refractivity contribution in [3.8, 4) is 0 Å². The molecule has 0 atom stereocenters. The first-order valence-electron chi connectivity index (χ1n) is 10.7. The summed E-state index contributed by atoms with van der Waals surface area (Å²) in [6.07, 6.45) is 9.51. The van der Waals surface area contributed by atoms with Crippen LogP contribution >= 0.6 is 0 Å². The van der Waals surface area contributed by atoms with E-state index in [2.05, 4.69) is 38.8 Å². The summed E-state index contributed by atoms with van der Waals surface area (Å²) < 4.78 is 5.58. The molecule has 0 aromatic heterocycles. The average Bonchev–Trinajstić information content (AvgIpc) is 2.79. The maximum atomic E-state index is 8.90. The lowest BCUT2D eigenvalue weighted by Crippen LogP contribution is -2.44. The average molecular weight is 436 g/mol. The predicted molar refractivity (Wildman–Crippen MR) is 130 cm³/mol. The molecule has 0 bridgehead atoms. The lowest BCUT2D eigenvalue weighted by atomic mass is 9.91. The van der Waals surface area contributed by atoms with E-state index in [1.807, 2.05) is 32.3 Å². The third kappa shape index (κ3) is 4.55. The van der Waals surface area contributed by atoms with Crippen molar-refractivity contribution in [3.63, 3.8) is 0 Å². The minimum Gasteiger partial charge on any atom is -0.494 e. The van der Waals surface area contributed by atoms with Crippen molar-refractivity contribution in [1.82, 2.24) is 26.2 Å². The monoisotopic (exact) mass is 435 g/mol. The van der Waals surface area contributed by atoms with Gasteiger partial charge >= 0.3 is 0 Å². The normalized spacial score (nSPS) is 21.9. The largest absolute Gasteiger partial charge is 0.494 e. The Balaban J connectivity index is 1.92. The van der Waals surface area contributed by atoms with Gasteiger partial charge in [0.2, 0.25) is 0 Å². The van der Waals surface area contributed by atoms with Gasteiger partial charge in [-0.3, -0.25) is 10.8 Å². The molecule has 0 amide bonds. The smallest absolute Gasteiger partial charge is 0.147 e. The minimum absolute atomic E-state index is 0.403. The van der Waals surface area contributed by atoms with E-state index in [0.717, 1.165) is 48.6 Å². The third-order valence-electron chi connectivity index (χ3n) is 5.63. The van der Waals surface area contributed by atoms with Gasteiger partial charge in [-0.2, -0.15) is 0 Å². The molecule has 6 N–H and O–H groups in total. The predicted octanol–water partition coefficient (Wildman–Crippen LogP) is 1.88. The lowest BCUT2D eigenvalue weighted by molar-refractivity contribution is 0.294. The molecular weight excluding hydrogens is 402 g/mol. The van der Waals surface area contributed by atoms with Crippen molar-refractivity contribution in [2.75, 3.05) is 47.4 Å². The molecule has 1 saturated heterocycles. The molecule has 1 heterocycles. The topological polar surface area (TPSA) is 108 Å². The Morgan fingerprint density at radius 1 is 1.12 bits per heavy atom. The third-order valence-corrected chi connectivity index (χ3v) is 5.63. The number of piperazine rings is 1. The standard InChI is InChI=1S/C24H33N7O/c1-15-22(25)17(13-27-3)12-20(24(15)32-5)30-16(2)18-6-7-21(19(14-28-4)23(18)26)31-10-8-29-9-11-31/h6-7,12-14,25-30H,2,8-11H2,1,3-5H3/b17-13-,19-14-,25-22?,26-23?. The summed E-state index contributed by atoms with van der Waals surface area (Å²) in [6, 6.07) is 0. The molecule has 3 aliphatic rings. The molecule has 8 heteroatoms. The second-order valence-corrected chi connectivity index (χ2v) is 7.67. The van der Waals surface area contributed by atoms with Crippen molar-refractivity contribution < 1.29 is 4.74 Å². The summed E-state index contributed by atoms with van der Waals surface area (Å²) in [5.41, 5.74) is 6.17. The SMILES string of the molecule is C=C(NC1=C/C(=C/NC)C(=N)C(C)=C1OC)C1=CC=C(N2CCNCC2)/C(=C/NC)C1=N. The maximum Gasteiger partial charge on any atom is 0.147 e. The summed E-state index contributed by atoms with van der Waals surface area (Å²) in [5, 5.41) is 30.0. The number of nitrogens with zero attached hydrogens (tertiary/aromatic N) is 1. The van der Waals surface area contributed by atoms with Gasteiger partial charge in [0.25, 0.3) is 0 Å². The van der Waals surface area contributed by atoms with Gasteiger partial charge in [-0.1, -0.05) is 6.58 Å². The van der Waals surface area contributed by atoms with E-state index in [1.165, 1.54) is 0 Å². The molecule has 0 saturated carbocycles. The number of allylic oxidation sites excluding steroid dienone is 7. The van der Waals surface area contributed by atoms with Crippen LogP contribution in [-0.4, -0.2) is 63.7 Å². The van der Waals surface area contributed by atoms with Crippen molar-refractivity contribution in [2.24, 2.45) is 0 Å². The zero-order valence-electron chi connectivity index (χ0n) is 19.3. The van der Waals surface area contributed by atoms with Gasteiger partial charge in [-0.25, -0.2) is 0 Å². The summed E-state index contributed by atoms with van der Waals surface area (Å²) >= 11 is 0. The molecule has 2 aliphatic carbocycles. The Morgan fingerprint density at radius 3 is 2.44 bits per heavy atom. The molecule has 0 aromatic rings. The molecular formula is C24H33N7O. The molecule has 8 nitrogen and oxygen atoms in total. The van der Waals surface area contributed by atoms with Gasteiger partial charge in [-0.05, 0) is 25.2 Å². The Labute approximate surface area is 190 Å². The zero-order chi connectivity index (χ0) is 23.3. The van der Waals surface area contributed by atoms with E-state index in [0.29, 0.717) is 34.1 Å². The summed E-state index contributed by atoms with van der Waals surface area (Å²) in [4.78, 5) is 2.30. The van der Waals surface area contributed by atoms with Crippen LogP contribution in [0.4, 0.5) is 0 Å². The number of hydrogen-bond acceptors (Lipinski definition) is 8. The second-order valence-electron chi connectivity index (χ2n) is 7.67. The Morgan fingerprint density at radius 2 is 1.81 bits per heavy atom. The van der Waals surface area contributed by atoms with Crippen LogP contribution in [0.25, 0.3) is 0 Å². The lowest BCUT2D eigenvalue weighted by Gasteiger charge is -2.34. The first kappa shape index (κ1) is 23.1. The molecule has 1 aliphatic heterocycles. The minimum atomic E-state index is 0.403. The Kier molecular flexibility index (Phi) is 7.37. The molecule has 0 unspecified atom stereocenters. The number of methoxy groups -OCH3 is 1. The van der Waals surface area contributed by atoms with Crippen molar-refractivity contribution in [1.29, 1.82) is 10.8 Å². The highest BCUT2D eigenvalue weighted by molar-refractivity contribution is 6.17. The van der Waals surface area contributed by atoms with E-state index < -0.39 is 0 Å². The zero-order valence-corrected chi connectivity index (χ0v) is 19.3. The highest BCUT2D eigenvalue weighted by Crippen LogP contribution is 2.30. The highest BCUT2D eigenvalue weighted by atomic mass is 16.5. The van der Waals surface area contributed by atoms with Crippen molar-refractivity contribution in [2.45, 2.75) is 6.92 Å². The van der Waals surface area contributed by atoms with Gasteiger partial charge in [0, 0.05) is 86.4 Å². The molecule has 3 rings (SSSR count).